The summed E-state index contributed by atoms with van der Waals surface area (Å²) in [5, 5.41) is 8.31. The maximum Gasteiger partial charge on any atom is 0.126 e. The number of methoxy groups -OCH3 is 1. The van der Waals surface area contributed by atoms with Crippen molar-refractivity contribution >= 4 is 29.0 Å². The number of anilines is 1. The van der Waals surface area contributed by atoms with Gasteiger partial charge in [0.15, 0.2) is 0 Å². The number of nitrogens with zero attached hydrogens (tertiary/aromatic N) is 2. The first kappa shape index (κ1) is 26.6. The van der Waals surface area contributed by atoms with E-state index in [0.29, 0.717) is 39.7 Å². The molecule has 0 aromatic carbocycles. The topological polar surface area (TPSA) is 68.3 Å². The number of hydrogen-bond acceptors (Lipinski definition) is 6. The van der Waals surface area contributed by atoms with E-state index in [2.05, 4.69) is 28.6 Å². The molecule has 8 heteroatoms. The summed E-state index contributed by atoms with van der Waals surface area (Å²) in [5.41, 5.74) is 2.59. The van der Waals surface area contributed by atoms with E-state index in [1.54, 1.807) is 13.3 Å². The van der Waals surface area contributed by atoms with Gasteiger partial charge in [0.2, 0.25) is 0 Å². The van der Waals surface area contributed by atoms with Crippen LogP contribution in [-0.2, 0) is 15.9 Å². The molecule has 1 aliphatic heterocycles. The van der Waals surface area contributed by atoms with Crippen LogP contribution in [0.2, 0.25) is 10.0 Å². The van der Waals surface area contributed by atoms with Gasteiger partial charge < -0.3 is 20.1 Å². The van der Waals surface area contributed by atoms with E-state index in [4.69, 9.17) is 37.7 Å². The van der Waals surface area contributed by atoms with Gasteiger partial charge in [-0.25, -0.2) is 4.98 Å². The van der Waals surface area contributed by atoms with Crippen molar-refractivity contribution < 1.29 is 9.47 Å². The zero-order valence-corrected chi connectivity index (χ0v) is 22.4. The minimum absolute atomic E-state index is 0.389. The van der Waals surface area contributed by atoms with Crippen LogP contribution in [0, 0.1) is 11.8 Å². The van der Waals surface area contributed by atoms with E-state index in [1.165, 1.54) is 32.1 Å². The highest BCUT2D eigenvalue weighted by atomic mass is 35.5. The Kier molecular flexibility index (Phi) is 10.0. The van der Waals surface area contributed by atoms with Crippen molar-refractivity contribution in [2.45, 2.75) is 64.0 Å². The van der Waals surface area contributed by atoms with E-state index < -0.39 is 0 Å². The quantitative estimate of drug-likeness (QED) is 0.399. The Hall–Kier alpha value is -1.44. The van der Waals surface area contributed by atoms with Crippen molar-refractivity contribution in [2.75, 3.05) is 38.8 Å². The minimum atomic E-state index is 0.389. The molecule has 0 spiro atoms. The SMILES string of the molecule is COC[C@@H](C)NC1CCC(Cc2cc(-c3nc(NC[C@@H]4CCCOC4)ccc3Cl)c(Cl)cn2)CC1. The first-order valence-electron chi connectivity index (χ1n) is 12.9. The smallest absolute Gasteiger partial charge is 0.126 e. The van der Waals surface area contributed by atoms with Crippen molar-refractivity contribution in [1.29, 1.82) is 0 Å². The summed E-state index contributed by atoms with van der Waals surface area (Å²) < 4.78 is 10.8. The van der Waals surface area contributed by atoms with Gasteiger partial charge in [0, 0.05) is 49.8 Å². The molecule has 192 valence electrons. The van der Waals surface area contributed by atoms with Gasteiger partial charge in [0.05, 0.1) is 29.0 Å². The lowest BCUT2D eigenvalue weighted by molar-refractivity contribution is 0.0595. The molecule has 0 unspecified atom stereocenters. The standard InChI is InChI=1S/C27H38Cl2N4O2/c1-18(16-34-2)32-21-7-5-19(6-8-21)12-22-13-23(25(29)15-30-22)27-24(28)9-10-26(33-27)31-14-20-4-3-11-35-17-20/h9-10,13,15,18-21,32H,3-8,11-12,14,16-17H2,1-2H3,(H,31,33)/t18-,19?,20+,21?/m1/s1. The lowest BCUT2D eigenvalue weighted by atomic mass is 9.83. The normalized spacial score (nSPS) is 23.7. The summed E-state index contributed by atoms with van der Waals surface area (Å²) in [4.78, 5) is 9.45. The van der Waals surface area contributed by atoms with Crippen LogP contribution in [0.5, 0.6) is 0 Å². The van der Waals surface area contributed by atoms with Crippen LogP contribution in [0.4, 0.5) is 5.82 Å². The average molecular weight is 522 g/mol. The maximum atomic E-state index is 6.57. The van der Waals surface area contributed by atoms with Crippen LogP contribution in [0.15, 0.2) is 24.4 Å². The second-order valence-corrected chi connectivity index (χ2v) is 10.9. The predicted molar refractivity (Wildman–Crippen MR) is 143 cm³/mol. The fourth-order valence-electron chi connectivity index (χ4n) is 5.25. The lowest BCUT2D eigenvalue weighted by Gasteiger charge is -2.31. The van der Waals surface area contributed by atoms with Crippen LogP contribution in [-0.4, -0.2) is 55.5 Å². The number of pyridine rings is 2. The molecule has 1 saturated carbocycles. The maximum absolute atomic E-state index is 6.57. The van der Waals surface area contributed by atoms with Gasteiger partial charge in [-0.05, 0) is 81.9 Å². The minimum Gasteiger partial charge on any atom is -0.383 e. The number of ether oxygens (including phenoxy) is 2. The molecule has 2 fully saturated rings. The van der Waals surface area contributed by atoms with Crippen molar-refractivity contribution in [3.05, 3.63) is 40.1 Å². The number of aromatic nitrogens is 2. The Bertz CT molecular complexity index is 947. The molecule has 4 rings (SSSR count). The predicted octanol–water partition coefficient (Wildman–Crippen LogP) is 6.01. The molecule has 1 aliphatic carbocycles. The Morgan fingerprint density at radius 1 is 1.11 bits per heavy atom. The van der Waals surface area contributed by atoms with Gasteiger partial charge in [-0.2, -0.15) is 0 Å². The zero-order valence-electron chi connectivity index (χ0n) is 20.9. The fraction of sp³-hybridized carbons (Fsp3) is 0.630. The molecular weight excluding hydrogens is 483 g/mol. The van der Waals surface area contributed by atoms with Crippen molar-refractivity contribution in [2.24, 2.45) is 11.8 Å². The van der Waals surface area contributed by atoms with Gasteiger partial charge in [-0.1, -0.05) is 23.2 Å². The Balaban J connectivity index is 1.38. The van der Waals surface area contributed by atoms with E-state index in [9.17, 15) is 0 Å². The van der Waals surface area contributed by atoms with E-state index in [1.807, 2.05) is 12.1 Å². The lowest BCUT2D eigenvalue weighted by Crippen LogP contribution is -2.41. The highest BCUT2D eigenvalue weighted by Gasteiger charge is 2.23. The number of hydrogen-bond donors (Lipinski definition) is 2. The Morgan fingerprint density at radius 3 is 2.69 bits per heavy atom. The highest BCUT2D eigenvalue weighted by Crippen LogP contribution is 2.34. The molecular formula is C27H38Cl2N4O2. The third-order valence-corrected chi connectivity index (χ3v) is 7.73. The zero-order chi connectivity index (χ0) is 24.6. The first-order valence-corrected chi connectivity index (χ1v) is 13.6. The van der Waals surface area contributed by atoms with Crippen LogP contribution < -0.4 is 10.6 Å². The Morgan fingerprint density at radius 2 is 1.94 bits per heavy atom. The second kappa shape index (κ2) is 13.2. The van der Waals surface area contributed by atoms with E-state index in [-0.39, 0.29) is 0 Å². The van der Waals surface area contributed by atoms with Crippen LogP contribution in [0.1, 0.15) is 51.1 Å². The van der Waals surface area contributed by atoms with Gasteiger partial charge in [0.1, 0.15) is 5.82 Å². The third kappa shape index (κ3) is 7.77. The van der Waals surface area contributed by atoms with Gasteiger partial charge in [-0.3, -0.25) is 4.98 Å². The molecule has 6 nitrogen and oxygen atoms in total. The molecule has 2 aromatic rings. The molecule has 2 aliphatic rings. The first-order chi connectivity index (χ1) is 17.0. The third-order valence-electron chi connectivity index (χ3n) is 7.12. The molecule has 0 bridgehead atoms. The summed E-state index contributed by atoms with van der Waals surface area (Å²) in [6.07, 6.45) is 9.74. The molecule has 1 saturated heterocycles. The van der Waals surface area contributed by atoms with Gasteiger partial charge in [0.25, 0.3) is 0 Å². The van der Waals surface area contributed by atoms with Crippen molar-refractivity contribution in [3.63, 3.8) is 0 Å². The largest absolute Gasteiger partial charge is 0.383 e. The second-order valence-electron chi connectivity index (χ2n) is 10.1. The highest BCUT2D eigenvalue weighted by molar-refractivity contribution is 6.36. The fourth-order valence-corrected chi connectivity index (χ4v) is 5.65. The van der Waals surface area contributed by atoms with Gasteiger partial charge >= 0.3 is 0 Å². The average Bonchev–Trinajstić information content (AvgIpc) is 2.87. The summed E-state index contributed by atoms with van der Waals surface area (Å²) in [7, 11) is 1.75. The van der Waals surface area contributed by atoms with Gasteiger partial charge in [-0.15, -0.1) is 0 Å². The summed E-state index contributed by atoms with van der Waals surface area (Å²) in [6.45, 7) is 5.44. The number of nitrogens with one attached hydrogen (secondary N) is 2. The van der Waals surface area contributed by atoms with Crippen LogP contribution in [0.3, 0.4) is 0 Å². The van der Waals surface area contributed by atoms with E-state index in [0.717, 1.165) is 56.3 Å². The van der Waals surface area contributed by atoms with Crippen LogP contribution in [0.25, 0.3) is 11.3 Å². The van der Waals surface area contributed by atoms with E-state index >= 15 is 0 Å². The summed E-state index contributed by atoms with van der Waals surface area (Å²) in [5.74, 6) is 1.94. The Labute approximate surface area is 219 Å². The number of rotatable bonds is 10. The monoisotopic (exact) mass is 520 g/mol. The molecule has 0 amide bonds. The summed E-state index contributed by atoms with van der Waals surface area (Å²) >= 11 is 13.1. The molecule has 2 atom stereocenters. The molecule has 0 radical (unpaired) electrons. The number of halogens is 2. The molecule has 3 heterocycles. The summed E-state index contributed by atoms with van der Waals surface area (Å²) in [6, 6.07) is 6.84. The van der Waals surface area contributed by atoms with Crippen molar-refractivity contribution in [1.82, 2.24) is 15.3 Å². The van der Waals surface area contributed by atoms with Crippen molar-refractivity contribution in [3.8, 4) is 11.3 Å². The van der Waals surface area contributed by atoms with Crippen LogP contribution >= 0.6 is 23.2 Å². The molecule has 2 N–H and O–H groups in total. The molecule has 35 heavy (non-hydrogen) atoms. The molecule has 2 aromatic heterocycles.